The summed E-state index contributed by atoms with van der Waals surface area (Å²) in [4.78, 5) is 0. The molecule has 0 rings (SSSR count). The molecule has 0 aromatic carbocycles. The van der Waals surface area contributed by atoms with Crippen LogP contribution >= 0.6 is 0 Å². The molecule has 0 aromatic rings. The SMILES string of the molecule is CBCCCN. The minimum absolute atomic E-state index is 0.855. The maximum atomic E-state index is 5.21. The van der Waals surface area contributed by atoms with Crippen LogP contribution in [0.4, 0.5) is 0 Å². The van der Waals surface area contributed by atoms with Crippen molar-refractivity contribution in [1.29, 1.82) is 0 Å². The van der Waals surface area contributed by atoms with Gasteiger partial charge in [-0.05, 0) is 13.0 Å². The molecule has 0 spiro atoms. The highest BCUT2D eigenvalue weighted by Crippen LogP contribution is 1.81. The van der Waals surface area contributed by atoms with Gasteiger partial charge >= 0.3 is 0 Å². The third-order valence-corrected chi connectivity index (χ3v) is 0.808. The van der Waals surface area contributed by atoms with Crippen molar-refractivity contribution in [2.75, 3.05) is 6.54 Å². The Morgan fingerprint density at radius 2 is 2.33 bits per heavy atom. The quantitative estimate of drug-likeness (QED) is 0.385. The van der Waals surface area contributed by atoms with E-state index in [2.05, 4.69) is 6.82 Å². The Labute approximate surface area is 40.2 Å². The van der Waals surface area contributed by atoms with E-state index in [0.29, 0.717) is 0 Å². The molecule has 0 amide bonds. The van der Waals surface area contributed by atoms with Gasteiger partial charge in [0.25, 0.3) is 0 Å². The second-order valence-electron chi connectivity index (χ2n) is 1.50. The van der Waals surface area contributed by atoms with E-state index in [9.17, 15) is 0 Å². The monoisotopic (exact) mass is 85.1 g/mol. The van der Waals surface area contributed by atoms with Crippen LogP contribution in [0.1, 0.15) is 6.42 Å². The van der Waals surface area contributed by atoms with Crippen LogP contribution < -0.4 is 5.73 Å². The Morgan fingerprint density at radius 1 is 1.67 bits per heavy atom. The van der Waals surface area contributed by atoms with Crippen LogP contribution in [0, 0.1) is 0 Å². The second kappa shape index (κ2) is 5.02. The summed E-state index contributed by atoms with van der Waals surface area (Å²) in [7, 11) is 1.27. The maximum absolute atomic E-state index is 5.21. The smallest absolute Gasteiger partial charge is 0.117 e. The molecule has 0 atom stereocenters. The Balaban J connectivity index is 2.34. The van der Waals surface area contributed by atoms with Crippen molar-refractivity contribution >= 4 is 7.28 Å². The van der Waals surface area contributed by atoms with Crippen molar-refractivity contribution in [2.45, 2.75) is 19.6 Å². The molecule has 0 aliphatic rings. The number of hydrogen-bond acceptors (Lipinski definition) is 1. The standard InChI is InChI=1S/C4H12BN/c1-5-3-2-4-6/h5H,2-4,6H2,1H3. The molecular weight excluding hydrogens is 72.9 g/mol. The zero-order valence-corrected chi connectivity index (χ0v) is 4.41. The summed E-state index contributed by atoms with van der Waals surface area (Å²) in [5.74, 6) is 0. The Morgan fingerprint density at radius 3 is 2.50 bits per heavy atom. The molecule has 36 valence electrons. The first-order valence-corrected chi connectivity index (χ1v) is 2.62. The Bertz CT molecular complexity index is 19.5. The van der Waals surface area contributed by atoms with Crippen molar-refractivity contribution in [3.8, 4) is 0 Å². The molecule has 0 heterocycles. The van der Waals surface area contributed by atoms with E-state index >= 15 is 0 Å². The normalized spacial score (nSPS) is 8.33. The largest absolute Gasteiger partial charge is 0.331 e. The van der Waals surface area contributed by atoms with Crippen molar-refractivity contribution in [2.24, 2.45) is 5.73 Å². The van der Waals surface area contributed by atoms with E-state index in [4.69, 9.17) is 5.73 Å². The molecule has 2 heteroatoms. The zero-order chi connectivity index (χ0) is 4.83. The van der Waals surface area contributed by atoms with Gasteiger partial charge in [0.05, 0.1) is 0 Å². The summed E-state index contributed by atoms with van der Waals surface area (Å²) in [6.07, 6.45) is 2.48. The van der Waals surface area contributed by atoms with E-state index in [0.717, 1.165) is 6.54 Å². The van der Waals surface area contributed by atoms with Gasteiger partial charge in [-0.25, -0.2) is 0 Å². The summed E-state index contributed by atoms with van der Waals surface area (Å²) < 4.78 is 0. The molecule has 6 heavy (non-hydrogen) atoms. The first-order valence-electron chi connectivity index (χ1n) is 2.62. The summed E-state index contributed by atoms with van der Waals surface area (Å²) >= 11 is 0. The summed E-state index contributed by atoms with van der Waals surface area (Å²) in [5, 5.41) is 0. The lowest BCUT2D eigenvalue weighted by Gasteiger charge is -1.85. The lowest BCUT2D eigenvalue weighted by atomic mass is 9.77. The molecule has 0 saturated carbocycles. The fraction of sp³-hybridized carbons (Fsp3) is 1.00. The van der Waals surface area contributed by atoms with Gasteiger partial charge in [-0.15, -0.1) is 0 Å². The summed E-state index contributed by atoms with van der Waals surface area (Å²) in [6, 6.07) is 0. The predicted octanol–water partition coefficient (Wildman–Crippen LogP) is 0.238. The molecule has 0 fully saturated rings. The predicted molar refractivity (Wildman–Crippen MR) is 31.5 cm³/mol. The molecule has 0 radical (unpaired) electrons. The molecule has 0 aliphatic carbocycles. The number of rotatable bonds is 3. The topological polar surface area (TPSA) is 26.0 Å². The van der Waals surface area contributed by atoms with Crippen LogP contribution in [0.15, 0.2) is 0 Å². The Hall–Kier alpha value is 0.0249. The average Bonchev–Trinajstić information content (AvgIpc) is 1.61. The van der Waals surface area contributed by atoms with E-state index in [1.165, 1.54) is 20.0 Å². The lowest BCUT2D eigenvalue weighted by molar-refractivity contribution is 0.926. The van der Waals surface area contributed by atoms with Gasteiger partial charge in [0, 0.05) is 0 Å². The van der Waals surface area contributed by atoms with Crippen LogP contribution in [-0.2, 0) is 0 Å². The molecular formula is C4H12BN. The first-order chi connectivity index (χ1) is 2.91. The van der Waals surface area contributed by atoms with Crippen LogP contribution in [0.25, 0.3) is 0 Å². The minimum atomic E-state index is 0.855. The van der Waals surface area contributed by atoms with Crippen LogP contribution in [0.3, 0.4) is 0 Å². The van der Waals surface area contributed by atoms with E-state index in [-0.39, 0.29) is 0 Å². The summed E-state index contributed by atoms with van der Waals surface area (Å²) in [6.45, 7) is 3.03. The van der Waals surface area contributed by atoms with Crippen LogP contribution in [0.5, 0.6) is 0 Å². The van der Waals surface area contributed by atoms with Crippen molar-refractivity contribution in [1.82, 2.24) is 0 Å². The molecule has 0 bridgehead atoms. The van der Waals surface area contributed by atoms with Gasteiger partial charge in [-0.1, -0.05) is 13.1 Å². The van der Waals surface area contributed by atoms with Crippen molar-refractivity contribution < 1.29 is 0 Å². The lowest BCUT2D eigenvalue weighted by Crippen LogP contribution is -1.98. The Kier molecular flexibility index (Phi) is 5.05. The van der Waals surface area contributed by atoms with Crippen LogP contribution in [0.2, 0.25) is 13.1 Å². The van der Waals surface area contributed by atoms with E-state index in [1.807, 2.05) is 0 Å². The fourth-order valence-electron chi connectivity index (χ4n) is 0.394. The molecule has 0 aliphatic heterocycles. The first kappa shape index (κ1) is 6.02. The second-order valence-corrected chi connectivity index (χ2v) is 1.50. The fourth-order valence-corrected chi connectivity index (χ4v) is 0.394. The molecule has 0 aromatic heterocycles. The van der Waals surface area contributed by atoms with Gasteiger partial charge in [0.1, 0.15) is 7.28 Å². The maximum Gasteiger partial charge on any atom is 0.117 e. The molecule has 0 saturated heterocycles. The summed E-state index contributed by atoms with van der Waals surface area (Å²) in [5.41, 5.74) is 5.21. The highest BCUT2D eigenvalue weighted by Gasteiger charge is 1.77. The minimum Gasteiger partial charge on any atom is -0.331 e. The van der Waals surface area contributed by atoms with Crippen molar-refractivity contribution in [3.63, 3.8) is 0 Å². The third-order valence-electron chi connectivity index (χ3n) is 0.808. The van der Waals surface area contributed by atoms with Crippen LogP contribution in [-0.4, -0.2) is 13.8 Å². The highest BCUT2D eigenvalue weighted by atomic mass is 14.5. The zero-order valence-electron chi connectivity index (χ0n) is 4.41. The van der Waals surface area contributed by atoms with E-state index < -0.39 is 0 Å². The molecule has 1 nitrogen and oxygen atoms in total. The third kappa shape index (κ3) is 4.02. The van der Waals surface area contributed by atoms with Crippen molar-refractivity contribution in [3.05, 3.63) is 0 Å². The van der Waals surface area contributed by atoms with Gasteiger partial charge in [0.2, 0.25) is 0 Å². The van der Waals surface area contributed by atoms with Gasteiger partial charge in [0.15, 0.2) is 0 Å². The number of nitrogens with two attached hydrogens (primary N) is 1. The van der Waals surface area contributed by atoms with E-state index in [1.54, 1.807) is 0 Å². The average molecular weight is 85.0 g/mol. The van der Waals surface area contributed by atoms with Gasteiger partial charge in [-0.3, -0.25) is 0 Å². The van der Waals surface area contributed by atoms with Gasteiger partial charge < -0.3 is 5.73 Å². The van der Waals surface area contributed by atoms with Gasteiger partial charge in [-0.2, -0.15) is 0 Å². The molecule has 0 unspecified atom stereocenters. The highest BCUT2D eigenvalue weighted by molar-refractivity contribution is 6.33. The number of hydrogen-bond donors (Lipinski definition) is 1. The molecule has 2 N–H and O–H groups in total.